The molecular weight excluding hydrogens is 128 g/mol. The summed E-state index contributed by atoms with van der Waals surface area (Å²) in [4.78, 5) is 10.9. The Balaban J connectivity index is 2.27. The van der Waals surface area contributed by atoms with E-state index in [1.54, 1.807) is 6.61 Å². The normalized spacial score (nSPS) is 35.8. The lowest BCUT2D eigenvalue weighted by atomic mass is 9.92. The average molecular weight is 135 g/mol. The molecule has 0 spiro atoms. The third-order valence-corrected chi connectivity index (χ3v) is 1.79. The number of hydrogen-bond donors (Lipinski definition) is 0. The maximum atomic E-state index is 10.9. The van der Waals surface area contributed by atoms with E-state index < -0.39 is 0 Å². The highest BCUT2D eigenvalue weighted by Crippen LogP contribution is 2.29. The second-order valence-electron chi connectivity index (χ2n) is 2.45. The first-order valence-electron chi connectivity index (χ1n) is 3.27. The maximum absolute atomic E-state index is 10.9. The SMILES string of the molecule is O=C1O[CH]C2C=CC=CC12. The molecule has 2 aliphatic rings. The Morgan fingerprint density at radius 2 is 2.10 bits per heavy atom. The van der Waals surface area contributed by atoms with Crippen molar-refractivity contribution in [2.24, 2.45) is 11.8 Å². The maximum Gasteiger partial charge on any atom is 0.313 e. The molecule has 51 valence electrons. The molecule has 0 amide bonds. The van der Waals surface area contributed by atoms with Crippen molar-refractivity contribution in [3.8, 4) is 0 Å². The van der Waals surface area contributed by atoms with Crippen LogP contribution in [0.25, 0.3) is 0 Å². The lowest BCUT2D eigenvalue weighted by Crippen LogP contribution is -2.11. The van der Waals surface area contributed by atoms with E-state index in [4.69, 9.17) is 4.74 Å². The van der Waals surface area contributed by atoms with Crippen molar-refractivity contribution >= 4 is 5.97 Å². The minimum absolute atomic E-state index is 0.0509. The van der Waals surface area contributed by atoms with Crippen LogP contribution in [0, 0.1) is 18.4 Å². The molecular formula is C8H7O2. The first-order valence-corrected chi connectivity index (χ1v) is 3.27. The van der Waals surface area contributed by atoms with E-state index in [0.717, 1.165) is 0 Å². The second-order valence-corrected chi connectivity index (χ2v) is 2.45. The van der Waals surface area contributed by atoms with E-state index >= 15 is 0 Å². The van der Waals surface area contributed by atoms with Crippen molar-refractivity contribution in [1.29, 1.82) is 0 Å². The Hall–Kier alpha value is -1.05. The monoisotopic (exact) mass is 135 g/mol. The van der Waals surface area contributed by atoms with Gasteiger partial charge in [0.1, 0.15) is 6.61 Å². The van der Waals surface area contributed by atoms with E-state index in [1.165, 1.54) is 0 Å². The number of allylic oxidation sites excluding steroid dienone is 2. The van der Waals surface area contributed by atoms with Gasteiger partial charge >= 0.3 is 5.97 Å². The number of carbonyl (C=O) groups excluding carboxylic acids is 1. The van der Waals surface area contributed by atoms with Gasteiger partial charge in [0.05, 0.1) is 5.92 Å². The molecule has 1 aliphatic carbocycles. The van der Waals surface area contributed by atoms with Crippen molar-refractivity contribution in [2.75, 3.05) is 0 Å². The van der Waals surface area contributed by atoms with Gasteiger partial charge in [-0.05, 0) is 0 Å². The molecule has 2 rings (SSSR count). The zero-order valence-electron chi connectivity index (χ0n) is 5.36. The van der Waals surface area contributed by atoms with Gasteiger partial charge in [0.25, 0.3) is 0 Å². The number of rotatable bonds is 0. The molecule has 0 aromatic heterocycles. The highest BCUT2D eigenvalue weighted by molar-refractivity contribution is 5.78. The average Bonchev–Trinajstić information content (AvgIpc) is 2.34. The molecule has 1 saturated heterocycles. The summed E-state index contributed by atoms with van der Waals surface area (Å²) < 4.78 is 4.73. The standard InChI is InChI=1S/C8H7O2/c9-8-7-4-2-1-3-6(7)5-10-8/h1-7H. The van der Waals surface area contributed by atoms with Gasteiger partial charge < -0.3 is 4.74 Å². The van der Waals surface area contributed by atoms with Crippen LogP contribution in [0.2, 0.25) is 0 Å². The van der Waals surface area contributed by atoms with Gasteiger partial charge in [0.2, 0.25) is 0 Å². The smallest absolute Gasteiger partial charge is 0.313 e. The summed E-state index contributed by atoms with van der Waals surface area (Å²) in [6, 6.07) is 0. The molecule has 0 N–H and O–H groups in total. The first-order chi connectivity index (χ1) is 4.88. The van der Waals surface area contributed by atoms with Gasteiger partial charge in [-0.1, -0.05) is 24.3 Å². The number of hydrogen-bond acceptors (Lipinski definition) is 2. The van der Waals surface area contributed by atoms with Gasteiger partial charge in [-0.2, -0.15) is 0 Å². The molecule has 2 heteroatoms. The third-order valence-electron chi connectivity index (χ3n) is 1.79. The molecule has 0 saturated carbocycles. The van der Waals surface area contributed by atoms with E-state index in [9.17, 15) is 4.79 Å². The van der Waals surface area contributed by atoms with Crippen LogP contribution in [0.5, 0.6) is 0 Å². The number of fused-ring (bicyclic) bond motifs is 1. The summed E-state index contributed by atoms with van der Waals surface area (Å²) in [5.41, 5.74) is 0. The lowest BCUT2D eigenvalue weighted by molar-refractivity contribution is -0.138. The second kappa shape index (κ2) is 1.97. The molecule has 0 aromatic rings. The molecule has 0 bridgehead atoms. The fourth-order valence-corrected chi connectivity index (χ4v) is 1.21. The number of ether oxygens (including phenoxy) is 1. The van der Waals surface area contributed by atoms with Crippen molar-refractivity contribution < 1.29 is 9.53 Å². The van der Waals surface area contributed by atoms with Crippen LogP contribution in [0.1, 0.15) is 0 Å². The van der Waals surface area contributed by atoms with Crippen LogP contribution < -0.4 is 0 Å². The lowest BCUT2D eigenvalue weighted by Gasteiger charge is -2.07. The van der Waals surface area contributed by atoms with E-state index in [-0.39, 0.29) is 17.8 Å². The molecule has 2 nitrogen and oxygen atoms in total. The van der Waals surface area contributed by atoms with Crippen LogP contribution in [-0.4, -0.2) is 5.97 Å². The summed E-state index contributed by atoms with van der Waals surface area (Å²) >= 11 is 0. The Kier molecular flexibility index (Phi) is 1.13. The third kappa shape index (κ3) is 0.685. The van der Waals surface area contributed by atoms with Gasteiger partial charge in [0.15, 0.2) is 0 Å². The van der Waals surface area contributed by atoms with Gasteiger partial charge in [-0.15, -0.1) is 0 Å². The molecule has 1 aliphatic heterocycles. The predicted molar refractivity (Wildman–Crippen MR) is 35.7 cm³/mol. The highest BCUT2D eigenvalue weighted by atomic mass is 16.5. The number of esters is 1. The summed E-state index contributed by atoms with van der Waals surface area (Å²) in [5.74, 6) is -0.00639. The predicted octanol–water partition coefficient (Wildman–Crippen LogP) is 1.06. The van der Waals surface area contributed by atoms with Crippen LogP contribution in [0.4, 0.5) is 0 Å². The first kappa shape index (κ1) is 5.71. The minimum atomic E-state index is -0.134. The Bertz CT molecular complexity index is 215. The van der Waals surface area contributed by atoms with Crippen LogP contribution in [0.3, 0.4) is 0 Å². The Morgan fingerprint density at radius 3 is 2.90 bits per heavy atom. The molecule has 1 radical (unpaired) electrons. The number of cyclic esters (lactones) is 1. The van der Waals surface area contributed by atoms with E-state index in [0.29, 0.717) is 0 Å². The quantitative estimate of drug-likeness (QED) is 0.464. The molecule has 2 unspecified atom stereocenters. The highest BCUT2D eigenvalue weighted by Gasteiger charge is 2.34. The van der Waals surface area contributed by atoms with Gasteiger partial charge in [-0.25, -0.2) is 0 Å². The summed E-state index contributed by atoms with van der Waals surface area (Å²) in [7, 11) is 0. The van der Waals surface area contributed by atoms with Crippen molar-refractivity contribution in [1.82, 2.24) is 0 Å². The summed E-state index contributed by atoms with van der Waals surface area (Å²) in [5, 5.41) is 0. The molecule has 0 aromatic carbocycles. The van der Waals surface area contributed by atoms with E-state index in [2.05, 4.69) is 0 Å². The van der Waals surface area contributed by atoms with Gasteiger partial charge in [-0.3, -0.25) is 4.79 Å². The summed E-state index contributed by atoms with van der Waals surface area (Å²) in [6.07, 6.45) is 7.65. The largest absolute Gasteiger partial charge is 0.457 e. The zero-order valence-corrected chi connectivity index (χ0v) is 5.36. The van der Waals surface area contributed by atoms with Gasteiger partial charge in [0, 0.05) is 5.92 Å². The summed E-state index contributed by atoms with van der Waals surface area (Å²) in [6.45, 7) is 1.59. The molecule has 10 heavy (non-hydrogen) atoms. The fourth-order valence-electron chi connectivity index (χ4n) is 1.21. The number of carbonyl (C=O) groups is 1. The van der Waals surface area contributed by atoms with Crippen molar-refractivity contribution in [3.05, 3.63) is 30.9 Å². The van der Waals surface area contributed by atoms with Crippen molar-refractivity contribution in [2.45, 2.75) is 0 Å². The van der Waals surface area contributed by atoms with Crippen LogP contribution in [-0.2, 0) is 9.53 Å². The van der Waals surface area contributed by atoms with Crippen LogP contribution in [0.15, 0.2) is 24.3 Å². The molecule has 1 fully saturated rings. The van der Waals surface area contributed by atoms with E-state index in [1.807, 2.05) is 24.3 Å². The Morgan fingerprint density at radius 1 is 1.30 bits per heavy atom. The molecule has 2 atom stereocenters. The van der Waals surface area contributed by atoms with Crippen LogP contribution >= 0.6 is 0 Å². The zero-order chi connectivity index (χ0) is 6.97. The minimum Gasteiger partial charge on any atom is -0.457 e. The van der Waals surface area contributed by atoms with Crippen molar-refractivity contribution in [3.63, 3.8) is 0 Å². The fraction of sp³-hybridized carbons (Fsp3) is 0.250. The Labute approximate surface area is 59.2 Å². The molecule has 1 heterocycles. The topological polar surface area (TPSA) is 26.3 Å².